The second-order valence-corrected chi connectivity index (χ2v) is 6.01. The van der Waals surface area contributed by atoms with Gasteiger partial charge in [-0.25, -0.2) is 0 Å². The zero-order valence-corrected chi connectivity index (χ0v) is 13.8. The number of likely N-dealkylation sites (N-methyl/N-ethyl adjacent to an activating group) is 1. The Balaban J connectivity index is 2.49. The number of nitrogens with zero attached hydrogens (tertiary/aromatic N) is 1. The minimum atomic E-state index is 0.364. The maximum atomic E-state index is 3.60. The Hall–Kier alpha value is 0.1000. The first-order chi connectivity index (χ1) is 8.04. The van der Waals surface area contributed by atoms with E-state index in [1.807, 2.05) is 0 Å². The number of nitrogens with one attached hydrogen (secondary N) is 1. The summed E-state index contributed by atoms with van der Waals surface area (Å²) >= 11 is 7.07. The van der Waals surface area contributed by atoms with Crippen molar-refractivity contribution in [1.82, 2.24) is 10.2 Å². The molecule has 1 aromatic rings. The molecule has 0 amide bonds. The Labute approximate surface area is 121 Å². The molecular weight excluding hydrogens is 344 g/mol. The van der Waals surface area contributed by atoms with Crippen LogP contribution in [0.4, 0.5) is 0 Å². The van der Waals surface area contributed by atoms with Gasteiger partial charge in [0.15, 0.2) is 0 Å². The number of halogens is 2. The van der Waals surface area contributed by atoms with Crippen LogP contribution in [0.2, 0.25) is 0 Å². The van der Waals surface area contributed by atoms with Gasteiger partial charge in [-0.15, -0.1) is 0 Å². The van der Waals surface area contributed by atoms with Crippen molar-refractivity contribution in [2.24, 2.45) is 0 Å². The monoisotopic (exact) mass is 362 g/mol. The van der Waals surface area contributed by atoms with Gasteiger partial charge in [0.05, 0.1) is 0 Å². The number of benzene rings is 1. The first-order valence-corrected chi connectivity index (χ1v) is 7.50. The lowest BCUT2D eigenvalue weighted by atomic mass is 10.1. The summed E-state index contributed by atoms with van der Waals surface area (Å²) in [5.41, 5.74) is 1.30. The minimum absolute atomic E-state index is 0.364. The van der Waals surface area contributed by atoms with Gasteiger partial charge in [0.1, 0.15) is 0 Å². The molecule has 2 nitrogen and oxygen atoms in total. The van der Waals surface area contributed by atoms with Gasteiger partial charge in [0.25, 0.3) is 0 Å². The Kier molecular flexibility index (Phi) is 6.70. The van der Waals surface area contributed by atoms with Crippen molar-refractivity contribution in [1.29, 1.82) is 0 Å². The van der Waals surface area contributed by atoms with Crippen LogP contribution in [0.3, 0.4) is 0 Å². The van der Waals surface area contributed by atoms with Crippen molar-refractivity contribution in [2.75, 3.05) is 26.7 Å². The maximum Gasteiger partial charge on any atom is 0.0303 e. The summed E-state index contributed by atoms with van der Waals surface area (Å²) in [4.78, 5) is 2.30. The van der Waals surface area contributed by atoms with E-state index in [1.54, 1.807) is 0 Å². The molecule has 0 fully saturated rings. The summed E-state index contributed by atoms with van der Waals surface area (Å²) in [7, 11) is 2.14. The van der Waals surface area contributed by atoms with Gasteiger partial charge in [-0.1, -0.05) is 44.8 Å². The summed E-state index contributed by atoms with van der Waals surface area (Å²) in [6.45, 7) is 7.55. The van der Waals surface area contributed by atoms with Crippen LogP contribution in [-0.2, 0) is 0 Å². The molecule has 1 rings (SSSR count). The van der Waals surface area contributed by atoms with E-state index in [0.29, 0.717) is 6.04 Å². The fourth-order valence-electron chi connectivity index (χ4n) is 1.59. The van der Waals surface area contributed by atoms with Gasteiger partial charge < -0.3 is 10.2 Å². The third-order valence-electron chi connectivity index (χ3n) is 2.91. The molecule has 0 saturated heterocycles. The molecule has 1 N–H and O–H groups in total. The second kappa shape index (κ2) is 7.52. The fourth-order valence-corrected chi connectivity index (χ4v) is 2.98. The molecule has 4 heteroatoms. The van der Waals surface area contributed by atoms with Crippen molar-refractivity contribution in [2.45, 2.75) is 19.9 Å². The molecule has 0 aliphatic rings. The third-order valence-corrected chi connectivity index (χ3v) is 4.09. The lowest BCUT2D eigenvalue weighted by molar-refractivity contribution is 0.342. The van der Waals surface area contributed by atoms with E-state index in [0.717, 1.165) is 28.6 Å². The molecule has 1 unspecified atom stereocenters. The van der Waals surface area contributed by atoms with Gasteiger partial charge in [-0.2, -0.15) is 0 Å². The van der Waals surface area contributed by atoms with Crippen LogP contribution < -0.4 is 5.32 Å². The molecule has 17 heavy (non-hydrogen) atoms. The molecule has 0 aliphatic heterocycles. The Morgan fingerprint density at radius 3 is 2.65 bits per heavy atom. The van der Waals surface area contributed by atoms with Crippen molar-refractivity contribution in [3.8, 4) is 0 Å². The molecule has 0 bridgehead atoms. The second-order valence-electron chi connectivity index (χ2n) is 4.24. The van der Waals surface area contributed by atoms with Crippen molar-refractivity contribution in [3.05, 3.63) is 32.7 Å². The van der Waals surface area contributed by atoms with Gasteiger partial charge in [0, 0.05) is 28.1 Å². The molecular formula is C13H20Br2N2. The molecule has 0 aromatic heterocycles. The van der Waals surface area contributed by atoms with Crippen molar-refractivity contribution >= 4 is 31.9 Å². The average molecular weight is 364 g/mol. The minimum Gasteiger partial charge on any atom is -0.309 e. The maximum absolute atomic E-state index is 3.60. The Morgan fingerprint density at radius 2 is 2.06 bits per heavy atom. The topological polar surface area (TPSA) is 15.3 Å². The summed E-state index contributed by atoms with van der Waals surface area (Å²) in [5.74, 6) is 0. The zero-order valence-electron chi connectivity index (χ0n) is 10.6. The van der Waals surface area contributed by atoms with E-state index in [9.17, 15) is 0 Å². The molecule has 0 aliphatic carbocycles. The molecule has 96 valence electrons. The smallest absolute Gasteiger partial charge is 0.0303 e. The fraction of sp³-hybridized carbons (Fsp3) is 0.538. The quantitative estimate of drug-likeness (QED) is 0.826. The Bertz CT molecular complexity index is 355. The number of hydrogen-bond donors (Lipinski definition) is 1. The highest BCUT2D eigenvalue weighted by molar-refractivity contribution is 9.11. The summed E-state index contributed by atoms with van der Waals surface area (Å²) in [5, 5.41) is 3.54. The SMILES string of the molecule is CCN(C)CCNC(C)c1ccc(Br)cc1Br. The average Bonchev–Trinajstić information content (AvgIpc) is 2.28. The first-order valence-electron chi connectivity index (χ1n) is 5.91. The van der Waals surface area contributed by atoms with Crippen LogP contribution in [-0.4, -0.2) is 31.6 Å². The van der Waals surface area contributed by atoms with Crippen LogP contribution in [0.5, 0.6) is 0 Å². The van der Waals surface area contributed by atoms with Gasteiger partial charge in [-0.3, -0.25) is 0 Å². The van der Waals surface area contributed by atoms with E-state index in [1.165, 1.54) is 5.56 Å². The van der Waals surface area contributed by atoms with Gasteiger partial charge in [-0.05, 0) is 38.2 Å². The highest BCUT2D eigenvalue weighted by Crippen LogP contribution is 2.26. The van der Waals surface area contributed by atoms with E-state index in [2.05, 4.69) is 81.2 Å². The van der Waals surface area contributed by atoms with Crippen LogP contribution in [0.1, 0.15) is 25.5 Å². The standard InChI is InChI=1S/C13H20Br2N2/c1-4-17(3)8-7-16-10(2)12-6-5-11(14)9-13(12)15/h5-6,9-10,16H,4,7-8H2,1-3H3. The van der Waals surface area contributed by atoms with E-state index in [4.69, 9.17) is 0 Å². The lowest BCUT2D eigenvalue weighted by Gasteiger charge is -2.19. The van der Waals surface area contributed by atoms with E-state index < -0.39 is 0 Å². The molecule has 0 radical (unpaired) electrons. The number of hydrogen-bond acceptors (Lipinski definition) is 2. The van der Waals surface area contributed by atoms with Crippen LogP contribution >= 0.6 is 31.9 Å². The van der Waals surface area contributed by atoms with E-state index in [-0.39, 0.29) is 0 Å². The third kappa shape index (κ3) is 5.08. The Morgan fingerprint density at radius 1 is 1.35 bits per heavy atom. The van der Waals surface area contributed by atoms with Crippen molar-refractivity contribution < 1.29 is 0 Å². The normalized spacial score (nSPS) is 13.1. The predicted molar refractivity (Wildman–Crippen MR) is 81.4 cm³/mol. The first kappa shape index (κ1) is 15.2. The largest absolute Gasteiger partial charge is 0.309 e. The zero-order chi connectivity index (χ0) is 12.8. The van der Waals surface area contributed by atoms with Gasteiger partial charge in [0.2, 0.25) is 0 Å². The van der Waals surface area contributed by atoms with Crippen LogP contribution in [0.25, 0.3) is 0 Å². The molecule has 0 spiro atoms. The highest BCUT2D eigenvalue weighted by Gasteiger charge is 2.08. The molecule has 1 aromatic carbocycles. The lowest BCUT2D eigenvalue weighted by Crippen LogP contribution is -2.30. The molecule has 0 heterocycles. The molecule has 1 atom stereocenters. The molecule has 0 saturated carbocycles. The van der Waals surface area contributed by atoms with Crippen LogP contribution in [0.15, 0.2) is 27.1 Å². The van der Waals surface area contributed by atoms with E-state index >= 15 is 0 Å². The predicted octanol–water partition coefficient (Wildman–Crippen LogP) is 3.81. The van der Waals surface area contributed by atoms with Crippen molar-refractivity contribution in [3.63, 3.8) is 0 Å². The van der Waals surface area contributed by atoms with Gasteiger partial charge >= 0.3 is 0 Å². The summed E-state index contributed by atoms with van der Waals surface area (Å²) < 4.78 is 2.25. The summed E-state index contributed by atoms with van der Waals surface area (Å²) in [6, 6.07) is 6.68. The highest BCUT2D eigenvalue weighted by atomic mass is 79.9. The summed E-state index contributed by atoms with van der Waals surface area (Å²) in [6.07, 6.45) is 0. The van der Waals surface area contributed by atoms with Crippen LogP contribution in [0, 0.1) is 0 Å². The number of rotatable bonds is 6.